The number of benzene rings is 3. The van der Waals surface area contributed by atoms with Crippen molar-refractivity contribution in [3.8, 4) is 17.6 Å². The minimum atomic E-state index is -0.975. The van der Waals surface area contributed by atoms with Gasteiger partial charge in [-0.3, -0.25) is 0 Å². The highest BCUT2D eigenvalue weighted by atomic mass is 19.2. The monoisotopic (exact) mass is 478 g/mol. The smallest absolute Gasteiger partial charge is 0.159 e. The number of rotatable bonds is 7. The number of hydrogen-bond acceptors (Lipinski definition) is 3. The average Bonchev–Trinajstić information content (AvgIpc) is 2.84. The number of aromatic nitrogens is 2. The number of hydrogen-bond donors (Lipinski definition) is 0. The van der Waals surface area contributed by atoms with Crippen LogP contribution in [0.1, 0.15) is 42.3 Å². The summed E-state index contributed by atoms with van der Waals surface area (Å²) in [4.78, 5) is 8.48. The molecule has 0 unspecified atom stereocenters. The average molecular weight is 478 g/mol. The van der Waals surface area contributed by atoms with E-state index in [1.807, 2.05) is 0 Å². The molecule has 0 atom stereocenters. The summed E-state index contributed by atoms with van der Waals surface area (Å²) >= 11 is 0. The van der Waals surface area contributed by atoms with Crippen LogP contribution in [0.5, 0.6) is 5.75 Å². The molecule has 0 amide bonds. The molecule has 7 heteroatoms. The van der Waals surface area contributed by atoms with Crippen LogP contribution < -0.4 is 4.74 Å². The number of ether oxygens (including phenoxy) is 1. The molecule has 3 aromatic carbocycles. The zero-order chi connectivity index (χ0) is 24.8. The van der Waals surface area contributed by atoms with Crippen molar-refractivity contribution in [3.05, 3.63) is 101 Å². The number of nitrogens with zero attached hydrogens (tertiary/aromatic N) is 2. The molecular weight excluding hydrogens is 456 g/mol. The molecule has 0 N–H and O–H groups in total. The summed E-state index contributed by atoms with van der Waals surface area (Å²) in [5.41, 5.74) is 0.523. The highest BCUT2D eigenvalue weighted by Crippen LogP contribution is 2.21. The Hall–Kier alpha value is -3.92. The summed E-state index contributed by atoms with van der Waals surface area (Å²) in [6.45, 7) is 2.68. The molecule has 4 aromatic rings. The van der Waals surface area contributed by atoms with Gasteiger partial charge in [0.2, 0.25) is 0 Å². The third-order valence-electron chi connectivity index (χ3n) is 5.40. The molecule has 178 valence electrons. The highest BCUT2D eigenvalue weighted by Gasteiger charge is 2.11. The molecule has 0 aliphatic carbocycles. The predicted molar refractivity (Wildman–Crippen MR) is 126 cm³/mol. The number of unbranched alkanes of at least 4 members (excludes halogenated alkanes) is 1. The number of halogens is 4. The second-order valence-corrected chi connectivity index (χ2v) is 8.05. The van der Waals surface area contributed by atoms with Gasteiger partial charge in [-0.2, -0.15) is 0 Å². The van der Waals surface area contributed by atoms with E-state index in [2.05, 4.69) is 28.7 Å². The van der Waals surface area contributed by atoms with Crippen LogP contribution in [0.2, 0.25) is 0 Å². The van der Waals surface area contributed by atoms with Crippen molar-refractivity contribution in [1.82, 2.24) is 9.97 Å². The summed E-state index contributed by atoms with van der Waals surface area (Å²) in [7, 11) is 0. The van der Waals surface area contributed by atoms with E-state index in [-0.39, 0.29) is 5.56 Å². The maximum Gasteiger partial charge on any atom is 0.159 e. The molecule has 0 aliphatic heterocycles. The first-order valence-electron chi connectivity index (χ1n) is 11.3. The van der Waals surface area contributed by atoms with E-state index >= 15 is 0 Å². The first kappa shape index (κ1) is 24.2. The van der Waals surface area contributed by atoms with Gasteiger partial charge in [-0.15, -0.1) is 0 Å². The molecule has 0 bridgehead atoms. The van der Waals surface area contributed by atoms with E-state index in [9.17, 15) is 17.6 Å². The van der Waals surface area contributed by atoms with Crippen molar-refractivity contribution in [2.45, 2.75) is 32.6 Å². The Morgan fingerprint density at radius 2 is 1.46 bits per heavy atom. The molecule has 1 aromatic heterocycles. The van der Waals surface area contributed by atoms with Crippen LogP contribution in [0.3, 0.4) is 0 Å². The van der Waals surface area contributed by atoms with E-state index in [4.69, 9.17) is 4.74 Å². The fraction of sp³-hybridized carbons (Fsp3) is 0.214. The Labute approximate surface area is 200 Å². The molecule has 4 rings (SSSR count). The lowest BCUT2D eigenvalue weighted by Crippen LogP contribution is -2.02. The van der Waals surface area contributed by atoms with E-state index in [0.29, 0.717) is 52.9 Å². The molecule has 1 heterocycles. The van der Waals surface area contributed by atoms with Crippen LogP contribution in [0, 0.1) is 35.1 Å². The van der Waals surface area contributed by atoms with Crippen LogP contribution >= 0.6 is 0 Å². The van der Waals surface area contributed by atoms with Crippen LogP contribution in [0.15, 0.2) is 54.9 Å². The Morgan fingerprint density at radius 1 is 0.771 bits per heavy atom. The summed E-state index contributed by atoms with van der Waals surface area (Å²) in [6, 6.07) is 9.32. The van der Waals surface area contributed by atoms with Gasteiger partial charge >= 0.3 is 0 Å². The van der Waals surface area contributed by atoms with Crippen molar-refractivity contribution in [3.63, 3.8) is 0 Å². The maximum absolute atomic E-state index is 14.6. The first-order chi connectivity index (χ1) is 16.9. The van der Waals surface area contributed by atoms with Crippen LogP contribution in [0.25, 0.3) is 10.8 Å². The molecular formula is C28H22F4N2O. The van der Waals surface area contributed by atoms with E-state index in [0.717, 1.165) is 25.0 Å². The third kappa shape index (κ3) is 6.15. The molecule has 0 radical (unpaired) electrons. The predicted octanol–water partition coefficient (Wildman–Crippen LogP) is 6.55. The van der Waals surface area contributed by atoms with Crippen LogP contribution in [-0.4, -0.2) is 16.6 Å². The van der Waals surface area contributed by atoms with Gasteiger partial charge in [0, 0.05) is 12.0 Å². The molecule has 0 saturated carbocycles. The van der Waals surface area contributed by atoms with Crippen molar-refractivity contribution in [2.24, 2.45) is 0 Å². The fourth-order valence-electron chi connectivity index (χ4n) is 3.48. The Morgan fingerprint density at radius 3 is 2.14 bits per heavy atom. The van der Waals surface area contributed by atoms with Crippen LogP contribution in [-0.2, 0) is 12.8 Å². The standard InChI is InChI=1S/C28H22F4N2O/c1-2-3-10-35-22-16-33-28(34-17-22)9-6-19-12-24(29)23(25(30)13-19)8-5-18-4-7-20-14-26(31)27(32)15-21(20)11-18/h4,7,11-17H,2-3,6,9-10H2,1H3. The quantitative estimate of drug-likeness (QED) is 0.172. The van der Waals surface area contributed by atoms with Gasteiger partial charge in [0.15, 0.2) is 17.4 Å². The largest absolute Gasteiger partial charge is 0.490 e. The van der Waals surface area contributed by atoms with Gasteiger partial charge in [-0.05, 0) is 65.6 Å². The topological polar surface area (TPSA) is 35.0 Å². The maximum atomic E-state index is 14.6. The zero-order valence-corrected chi connectivity index (χ0v) is 19.0. The lowest BCUT2D eigenvalue weighted by atomic mass is 10.0. The van der Waals surface area contributed by atoms with Gasteiger partial charge < -0.3 is 4.74 Å². The molecule has 0 aliphatic rings. The number of fused-ring (bicyclic) bond motifs is 1. The lowest BCUT2D eigenvalue weighted by Gasteiger charge is -2.06. The van der Waals surface area contributed by atoms with Crippen LogP contribution in [0.4, 0.5) is 17.6 Å². The van der Waals surface area contributed by atoms with Gasteiger partial charge in [0.1, 0.15) is 17.5 Å². The van der Waals surface area contributed by atoms with Crippen molar-refractivity contribution >= 4 is 10.8 Å². The zero-order valence-electron chi connectivity index (χ0n) is 19.0. The Balaban J connectivity index is 1.44. The molecule has 3 nitrogen and oxygen atoms in total. The van der Waals surface area contributed by atoms with Gasteiger partial charge in [0.25, 0.3) is 0 Å². The molecule has 0 spiro atoms. The van der Waals surface area contributed by atoms with E-state index in [1.54, 1.807) is 24.5 Å². The van der Waals surface area contributed by atoms with Crippen molar-refractivity contribution in [2.75, 3.05) is 6.61 Å². The summed E-state index contributed by atoms with van der Waals surface area (Å²) in [5.74, 6) is 2.87. The fourth-order valence-corrected chi connectivity index (χ4v) is 3.48. The molecule has 0 fully saturated rings. The molecule has 35 heavy (non-hydrogen) atoms. The minimum absolute atomic E-state index is 0.352. The lowest BCUT2D eigenvalue weighted by molar-refractivity contribution is 0.306. The minimum Gasteiger partial charge on any atom is -0.490 e. The second-order valence-electron chi connectivity index (χ2n) is 8.05. The SMILES string of the molecule is CCCCOc1cnc(CCc2cc(F)c(C#Cc3ccc4cc(F)c(F)cc4c3)c(F)c2)nc1. The normalized spacial score (nSPS) is 10.8. The van der Waals surface area contributed by atoms with E-state index in [1.165, 1.54) is 18.2 Å². The van der Waals surface area contributed by atoms with Crippen molar-refractivity contribution in [1.29, 1.82) is 0 Å². The van der Waals surface area contributed by atoms with Gasteiger partial charge in [0.05, 0.1) is 24.6 Å². The van der Waals surface area contributed by atoms with Crippen molar-refractivity contribution < 1.29 is 22.3 Å². The number of aryl methyl sites for hydroxylation is 2. The first-order valence-corrected chi connectivity index (χ1v) is 11.3. The third-order valence-corrected chi connectivity index (χ3v) is 5.40. The van der Waals surface area contributed by atoms with Gasteiger partial charge in [-0.1, -0.05) is 31.3 Å². The second kappa shape index (κ2) is 11.0. The Bertz CT molecular complexity index is 1390. The van der Waals surface area contributed by atoms with Gasteiger partial charge in [-0.25, -0.2) is 27.5 Å². The summed E-state index contributed by atoms with van der Waals surface area (Å²) in [6.07, 6.45) is 5.93. The Kier molecular flexibility index (Phi) is 7.61. The molecule has 0 saturated heterocycles. The summed E-state index contributed by atoms with van der Waals surface area (Å²) in [5, 5.41) is 0.938. The highest BCUT2D eigenvalue weighted by molar-refractivity contribution is 5.84. The van der Waals surface area contributed by atoms with E-state index < -0.39 is 23.3 Å². The summed E-state index contributed by atoms with van der Waals surface area (Å²) < 4.78 is 61.6.